The maximum Gasteiger partial charge on any atom is 0.225 e. The summed E-state index contributed by atoms with van der Waals surface area (Å²) in [6.45, 7) is 14.0. The molecule has 1 unspecified atom stereocenters. The average Bonchev–Trinajstić information content (AvgIpc) is 2.85. The van der Waals surface area contributed by atoms with Crippen LogP contribution in [-0.4, -0.2) is 72.6 Å². The SMILES string of the molecule is CC(=O)NC1CCN(C(=O)CC2(COc3cc(C)c(Cl)c(C)c3)CN(Cc3cc(C)cc(C)c3)CCO2)CC1. The molecular weight excluding hydrogens is 514 g/mol. The van der Waals surface area contributed by atoms with Crippen molar-refractivity contribution >= 4 is 23.4 Å². The minimum Gasteiger partial charge on any atom is -0.490 e. The van der Waals surface area contributed by atoms with Crippen LogP contribution in [0.4, 0.5) is 0 Å². The van der Waals surface area contributed by atoms with Gasteiger partial charge in [-0.25, -0.2) is 0 Å². The summed E-state index contributed by atoms with van der Waals surface area (Å²) in [6.07, 6.45) is 1.77. The molecule has 2 aliphatic heterocycles. The Balaban J connectivity index is 1.50. The number of hydrogen-bond acceptors (Lipinski definition) is 5. The minimum absolute atomic E-state index is 0.0250. The topological polar surface area (TPSA) is 71.1 Å². The summed E-state index contributed by atoms with van der Waals surface area (Å²) in [7, 11) is 0. The zero-order valence-electron chi connectivity index (χ0n) is 23.9. The Hall–Kier alpha value is -2.61. The number of hydrogen-bond donors (Lipinski definition) is 1. The van der Waals surface area contributed by atoms with Gasteiger partial charge in [-0.1, -0.05) is 40.9 Å². The third kappa shape index (κ3) is 7.96. The summed E-state index contributed by atoms with van der Waals surface area (Å²) in [4.78, 5) is 29.3. The van der Waals surface area contributed by atoms with Crippen LogP contribution in [0, 0.1) is 27.7 Å². The number of amides is 2. The highest BCUT2D eigenvalue weighted by Crippen LogP contribution is 2.30. The second-order valence-electron chi connectivity index (χ2n) is 11.4. The number of ether oxygens (including phenoxy) is 2. The molecule has 2 fully saturated rings. The largest absolute Gasteiger partial charge is 0.490 e. The molecule has 0 saturated carbocycles. The lowest BCUT2D eigenvalue weighted by molar-refractivity contribution is -0.157. The number of carbonyl (C=O) groups is 2. The van der Waals surface area contributed by atoms with E-state index >= 15 is 0 Å². The Kier molecular flexibility index (Phi) is 9.57. The van der Waals surface area contributed by atoms with Gasteiger partial charge in [0.2, 0.25) is 11.8 Å². The van der Waals surface area contributed by atoms with Crippen molar-refractivity contribution in [1.29, 1.82) is 0 Å². The van der Waals surface area contributed by atoms with Crippen LogP contribution in [0.3, 0.4) is 0 Å². The molecule has 1 N–H and O–H groups in total. The highest BCUT2D eigenvalue weighted by molar-refractivity contribution is 6.32. The zero-order chi connectivity index (χ0) is 28.2. The molecule has 2 aromatic rings. The van der Waals surface area contributed by atoms with Crippen molar-refractivity contribution in [1.82, 2.24) is 15.1 Å². The van der Waals surface area contributed by atoms with Gasteiger partial charge in [0, 0.05) is 50.7 Å². The fraction of sp³-hybridized carbons (Fsp3) is 0.548. The molecule has 2 amide bonds. The van der Waals surface area contributed by atoms with Crippen molar-refractivity contribution in [3.8, 4) is 5.75 Å². The molecular formula is C31H42ClN3O4. The molecule has 2 heterocycles. The fourth-order valence-corrected chi connectivity index (χ4v) is 5.98. The number of nitrogens with zero attached hydrogens (tertiary/aromatic N) is 2. The van der Waals surface area contributed by atoms with Crippen LogP contribution >= 0.6 is 11.6 Å². The van der Waals surface area contributed by atoms with Gasteiger partial charge < -0.3 is 19.7 Å². The Labute approximate surface area is 237 Å². The predicted molar refractivity (Wildman–Crippen MR) is 154 cm³/mol. The summed E-state index contributed by atoms with van der Waals surface area (Å²) >= 11 is 6.38. The summed E-state index contributed by atoms with van der Waals surface area (Å²) in [5, 5.41) is 3.72. The summed E-state index contributed by atoms with van der Waals surface area (Å²) < 4.78 is 12.7. The molecule has 1 atom stereocenters. The summed E-state index contributed by atoms with van der Waals surface area (Å²) in [5.41, 5.74) is 4.90. The van der Waals surface area contributed by atoms with Crippen LogP contribution in [0.15, 0.2) is 30.3 Å². The van der Waals surface area contributed by atoms with Crippen LogP contribution in [-0.2, 0) is 20.9 Å². The van der Waals surface area contributed by atoms with Crippen molar-refractivity contribution in [3.63, 3.8) is 0 Å². The standard InChI is InChI=1S/C31H42ClN3O4/c1-21-12-22(2)14-26(13-21)18-34-10-11-39-31(19-34,20-38-28-15-23(3)30(32)24(4)16-28)17-29(37)35-8-6-27(7-9-35)33-25(5)36/h12-16,27H,6-11,17-20H2,1-5H3,(H,33,36). The second-order valence-corrected chi connectivity index (χ2v) is 11.8. The lowest BCUT2D eigenvalue weighted by atomic mass is 9.95. The van der Waals surface area contributed by atoms with E-state index in [2.05, 4.69) is 42.3 Å². The lowest BCUT2D eigenvalue weighted by Crippen LogP contribution is -2.57. The number of halogens is 1. The monoisotopic (exact) mass is 555 g/mol. The fourth-order valence-electron chi connectivity index (χ4n) is 5.87. The van der Waals surface area contributed by atoms with Gasteiger partial charge in [0.25, 0.3) is 0 Å². The van der Waals surface area contributed by atoms with Gasteiger partial charge in [-0.3, -0.25) is 14.5 Å². The first-order valence-corrected chi connectivity index (χ1v) is 14.3. The molecule has 2 aromatic carbocycles. The predicted octanol–water partition coefficient (Wildman–Crippen LogP) is 4.74. The van der Waals surface area contributed by atoms with Crippen molar-refractivity contribution in [2.24, 2.45) is 0 Å². The van der Waals surface area contributed by atoms with Crippen LogP contribution in [0.25, 0.3) is 0 Å². The quantitative estimate of drug-likeness (QED) is 0.509. The van der Waals surface area contributed by atoms with E-state index in [1.165, 1.54) is 23.6 Å². The molecule has 2 aliphatic rings. The molecule has 212 valence electrons. The van der Waals surface area contributed by atoms with Crippen LogP contribution in [0.2, 0.25) is 5.02 Å². The van der Waals surface area contributed by atoms with Gasteiger partial charge >= 0.3 is 0 Å². The van der Waals surface area contributed by atoms with E-state index < -0.39 is 5.60 Å². The van der Waals surface area contributed by atoms with E-state index in [9.17, 15) is 9.59 Å². The van der Waals surface area contributed by atoms with E-state index in [0.29, 0.717) is 26.2 Å². The number of likely N-dealkylation sites (tertiary alicyclic amines) is 1. The number of nitrogens with one attached hydrogen (secondary N) is 1. The normalized spacial score (nSPS) is 20.6. The molecule has 0 aliphatic carbocycles. The molecule has 8 heteroatoms. The number of morpholine rings is 1. The first-order chi connectivity index (χ1) is 18.5. The number of aryl methyl sites for hydroxylation is 4. The maximum atomic E-state index is 13.6. The van der Waals surface area contributed by atoms with Gasteiger partial charge in [0.15, 0.2) is 0 Å². The Bertz CT molecular complexity index is 1150. The van der Waals surface area contributed by atoms with Crippen LogP contribution in [0.5, 0.6) is 5.75 Å². The van der Waals surface area contributed by atoms with Gasteiger partial charge in [0.1, 0.15) is 18.0 Å². The third-order valence-corrected chi connectivity index (χ3v) is 8.25. The Morgan fingerprint density at radius 1 is 1.03 bits per heavy atom. The first-order valence-electron chi connectivity index (χ1n) is 13.9. The molecule has 0 radical (unpaired) electrons. The van der Waals surface area contributed by atoms with Crippen molar-refractivity contribution in [2.45, 2.75) is 72.1 Å². The Morgan fingerprint density at radius 2 is 1.67 bits per heavy atom. The molecule has 2 saturated heterocycles. The maximum absolute atomic E-state index is 13.6. The smallest absolute Gasteiger partial charge is 0.225 e. The lowest BCUT2D eigenvalue weighted by Gasteiger charge is -2.43. The van der Waals surface area contributed by atoms with E-state index in [1.54, 1.807) is 0 Å². The van der Waals surface area contributed by atoms with Gasteiger partial charge in [-0.15, -0.1) is 0 Å². The highest BCUT2D eigenvalue weighted by atomic mass is 35.5. The van der Waals surface area contributed by atoms with Crippen molar-refractivity contribution in [2.75, 3.05) is 39.4 Å². The van der Waals surface area contributed by atoms with E-state index in [1.807, 2.05) is 30.9 Å². The second kappa shape index (κ2) is 12.7. The molecule has 39 heavy (non-hydrogen) atoms. The van der Waals surface area contributed by atoms with E-state index in [-0.39, 0.29) is 30.9 Å². The number of piperidine rings is 1. The van der Waals surface area contributed by atoms with E-state index in [4.69, 9.17) is 21.1 Å². The van der Waals surface area contributed by atoms with Gasteiger partial charge in [0.05, 0.1) is 13.0 Å². The van der Waals surface area contributed by atoms with Crippen LogP contribution in [0.1, 0.15) is 54.0 Å². The van der Waals surface area contributed by atoms with E-state index in [0.717, 1.165) is 47.8 Å². The summed E-state index contributed by atoms with van der Waals surface area (Å²) in [5.74, 6) is 0.770. The molecule has 4 rings (SSSR count). The van der Waals surface area contributed by atoms with Crippen molar-refractivity contribution in [3.05, 3.63) is 63.2 Å². The summed E-state index contributed by atoms with van der Waals surface area (Å²) in [6, 6.07) is 10.6. The number of carbonyl (C=O) groups excluding carboxylic acids is 2. The number of benzene rings is 2. The average molecular weight is 556 g/mol. The highest BCUT2D eigenvalue weighted by Gasteiger charge is 2.41. The first kappa shape index (κ1) is 29.4. The molecule has 0 bridgehead atoms. The zero-order valence-corrected chi connectivity index (χ0v) is 24.7. The molecule has 0 aromatic heterocycles. The molecule has 7 nitrogen and oxygen atoms in total. The van der Waals surface area contributed by atoms with Crippen molar-refractivity contribution < 1.29 is 19.1 Å². The number of rotatable bonds is 8. The van der Waals surface area contributed by atoms with Gasteiger partial charge in [-0.2, -0.15) is 0 Å². The third-order valence-electron chi connectivity index (χ3n) is 7.66. The van der Waals surface area contributed by atoms with Gasteiger partial charge in [-0.05, 0) is 69.4 Å². The minimum atomic E-state index is -0.774. The molecule has 0 spiro atoms. The Morgan fingerprint density at radius 3 is 2.28 bits per heavy atom. The van der Waals surface area contributed by atoms with Crippen LogP contribution < -0.4 is 10.1 Å².